The molecule has 0 saturated heterocycles. The van der Waals surface area contributed by atoms with Crippen molar-refractivity contribution in [1.82, 2.24) is 14.5 Å². The first-order chi connectivity index (χ1) is 33.8. The summed E-state index contributed by atoms with van der Waals surface area (Å²) in [5.41, 5.74) is 12.0. The maximum Gasteiger partial charge on any atom is 0.149 e. The van der Waals surface area contributed by atoms with Crippen LogP contribution in [0.5, 0.6) is 5.75 Å². The lowest BCUT2D eigenvalue weighted by Gasteiger charge is -2.27. The summed E-state index contributed by atoms with van der Waals surface area (Å²) in [6.45, 7) is 13.6. The third-order valence-corrected chi connectivity index (χ3v) is 12.7. The Balaban J connectivity index is 1.33. The lowest BCUT2D eigenvalue weighted by Crippen LogP contribution is -2.17. The monoisotopic (exact) mass is 870 g/mol. The number of benzene rings is 7. The number of aromatic hydroxyl groups is 1. The summed E-state index contributed by atoms with van der Waals surface area (Å²) in [6.07, 6.45) is 1.85. The van der Waals surface area contributed by atoms with E-state index >= 15 is 0 Å². The van der Waals surface area contributed by atoms with Crippen molar-refractivity contribution in [3.8, 4) is 78.6 Å². The van der Waals surface area contributed by atoms with E-state index < -0.39 is 19.1 Å². The fraction of sp³-hybridized carbons (Fsp3) is 0.226. The molecular weight excluding hydrogens is 803 g/mol. The fourth-order valence-electron chi connectivity index (χ4n) is 8.80. The summed E-state index contributed by atoms with van der Waals surface area (Å²) in [6, 6.07) is 51.9. The van der Waals surface area contributed by atoms with E-state index in [9.17, 15) is 5.11 Å². The largest absolute Gasteiger partial charge is 0.507 e. The SMILES string of the molecule is [2H]C([2H])([2H])c1cc(-n2c(-c3cc(C(C)(C)C)cc(C(C)(C)C)c3O)nc3c(-c4cc(-c5cc(-c6ccc(-c7ccccc7)cc6)ccn5)cc(C(C)(C)C)c4)cccc32)cc(-c2ccccc2)c1C([2H])([2H])[2H]. The predicted molar refractivity (Wildman–Crippen MR) is 279 cm³/mol. The molecule has 330 valence electrons. The lowest BCUT2D eigenvalue weighted by molar-refractivity contribution is 0.446. The number of pyridine rings is 1. The van der Waals surface area contributed by atoms with E-state index in [1.165, 1.54) is 6.07 Å². The number of phenolic OH excluding ortho intramolecular Hbond substituents is 1. The molecule has 9 aromatic rings. The second-order valence-electron chi connectivity index (χ2n) is 20.6. The molecule has 1 N–H and O–H groups in total. The van der Waals surface area contributed by atoms with Gasteiger partial charge in [-0.25, -0.2) is 4.98 Å². The molecule has 2 aromatic heterocycles. The van der Waals surface area contributed by atoms with Crippen LogP contribution in [0.4, 0.5) is 0 Å². The number of nitrogens with zero attached hydrogens (tertiary/aromatic N) is 3. The van der Waals surface area contributed by atoms with Gasteiger partial charge in [-0.15, -0.1) is 0 Å². The molecule has 0 radical (unpaired) electrons. The Morgan fingerprint density at radius 1 is 0.485 bits per heavy atom. The molecule has 2 heterocycles. The van der Waals surface area contributed by atoms with Gasteiger partial charge in [0.2, 0.25) is 0 Å². The van der Waals surface area contributed by atoms with Gasteiger partial charge in [-0.2, -0.15) is 0 Å². The summed E-state index contributed by atoms with van der Waals surface area (Å²) in [7, 11) is 0. The van der Waals surface area contributed by atoms with Crippen molar-refractivity contribution in [1.29, 1.82) is 0 Å². The Morgan fingerprint density at radius 3 is 1.74 bits per heavy atom. The molecule has 0 aliphatic rings. The van der Waals surface area contributed by atoms with Crippen molar-refractivity contribution >= 4 is 11.0 Å². The van der Waals surface area contributed by atoms with Crippen molar-refractivity contribution in [2.75, 3.05) is 0 Å². The number of fused-ring (bicyclic) bond motifs is 1. The van der Waals surface area contributed by atoms with Crippen LogP contribution in [0.25, 0.3) is 83.9 Å². The first-order valence-electron chi connectivity index (χ1n) is 25.7. The molecule has 0 aliphatic carbocycles. The number of para-hydroxylation sites is 1. The molecule has 0 atom stereocenters. The normalized spacial score (nSPS) is 14.0. The molecule has 4 heteroatoms. The zero-order valence-corrected chi connectivity index (χ0v) is 39.4. The van der Waals surface area contributed by atoms with E-state index in [1.54, 1.807) is 18.2 Å². The van der Waals surface area contributed by atoms with Crippen LogP contribution in [-0.2, 0) is 16.2 Å². The molecule has 7 aromatic carbocycles. The van der Waals surface area contributed by atoms with Gasteiger partial charge in [0.25, 0.3) is 0 Å². The average Bonchev–Trinajstić information content (AvgIpc) is 3.72. The van der Waals surface area contributed by atoms with E-state index in [4.69, 9.17) is 18.2 Å². The summed E-state index contributed by atoms with van der Waals surface area (Å²) in [4.78, 5) is 10.5. The van der Waals surface area contributed by atoms with Gasteiger partial charge in [-0.05, 0) is 140 Å². The molecule has 0 saturated carbocycles. The number of aryl methyl sites for hydroxylation is 1. The van der Waals surface area contributed by atoms with Gasteiger partial charge >= 0.3 is 0 Å². The van der Waals surface area contributed by atoms with Crippen molar-refractivity contribution in [3.63, 3.8) is 0 Å². The van der Waals surface area contributed by atoms with Gasteiger partial charge in [0.1, 0.15) is 11.6 Å². The first kappa shape index (κ1) is 37.2. The highest BCUT2D eigenvalue weighted by Gasteiger charge is 2.29. The van der Waals surface area contributed by atoms with Crippen LogP contribution in [0.15, 0.2) is 164 Å². The second kappa shape index (κ2) is 16.7. The molecule has 0 unspecified atom stereocenters. The molecule has 0 aliphatic heterocycles. The fourth-order valence-corrected chi connectivity index (χ4v) is 8.80. The zero-order chi connectivity index (χ0) is 51.7. The molecular formula is C62H61N3O. The third kappa shape index (κ3) is 8.49. The van der Waals surface area contributed by atoms with E-state index in [1.807, 2.05) is 77.5 Å². The smallest absolute Gasteiger partial charge is 0.149 e. The molecule has 66 heavy (non-hydrogen) atoms. The minimum atomic E-state index is -2.81. The number of phenols is 1. The van der Waals surface area contributed by atoms with Gasteiger partial charge in [0.05, 0.1) is 22.3 Å². The van der Waals surface area contributed by atoms with Crippen molar-refractivity contribution in [2.45, 2.75) is 92.3 Å². The lowest BCUT2D eigenvalue weighted by atomic mass is 9.79. The van der Waals surface area contributed by atoms with Crippen LogP contribution in [0.1, 0.15) is 98.4 Å². The summed E-state index contributed by atoms with van der Waals surface area (Å²) in [5.74, 6) is 0.438. The average molecular weight is 870 g/mol. The highest BCUT2D eigenvalue weighted by Crippen LogP contribution is 2.45. The minimum Gasteiger partial charge on any atom is -0.507 e. The topological polar surface area (TPSA) is 50.9 Å². The van der Waals surface area contributed by atoms with Crippen molar-refractivity contribution in [3.05, 3.63) is 192 Å². The molecule has 0 bridgehead atoms. The van der Waals surface area contributed by atoms with Crippen LogP contribution in [-0.4, -0.2) is 19.6 Å². The Kier molecular flexibility index (Phi) is 9.44. The van der Waals surface area contributed by atoms with Crippen molar-refractivity contribution in [2.24, 2.45) is 0 Å². The molecule has 0 fully saturated rings. The first-order valence-corrected chi connectivity index (χ1v) is 22.7. The van der Waals surface area contributed by atoms with Crippen molar-refractivity contribution < 1.29 is 13.3 Å². The molecule has 0 amide bonds. The van der Waals surface area contributed by atoms with Gasteiger partial charge in [0.15, 0.2) is 0 Å². The maximum atomic E-state index is 12.6. The number of hydrogen-bond donors (Lipinski definition) is 1. The van der Waals surface area contributed by atoms with Gasteiger partial charge in [-0.1, -0.05) is 172 Å². The summed E-state index contributed by atoms with van der Waals surface area (Å²) < 4.78 is 54.5. The Bertz CT molecular complexity index is 3480. The highest BCUT2D eigenvalue weighted by atomic mass is 16.3. The minimum absolute atomic E-state index is 0.0599. The van der Waals surface area contributed by atoms with Crippen LogP contribution in [0.2, 0.25) is 0 Å². The Hall–Kier alpha value is -7.04. The number of aromatic nitrogens is 3. The summed E-state index contributed by atoms with van der Waals surface area (Å²) in [5, 5.41) is 12.6. The Morgan fingerprint density at radius 2 is 1.11 bits per heavy atom. The van der Waals surface area contributed by atoms with Crippen LogP contribution in [0, 0.1) is 13.7 Å². The van der Waals surface area contributed by atoms with E-state index in [-0.39, 0.29) is 33.3 Å². The third-order valence-electron chi connectivity index (χ3n) is 12.7. The second-order valence-corrected chi connectivity index (χ2v) is 20.6. The van der Waals surface area contributed by atoms with Crippen LogP contribution >= 0.6 is 0 Å². The maximum absolute atomic E-state index is 12.6. The quantitative estimate of drug-likeness (QED) is 0.174. The predicted octanol–water partition coefficient (Wildman–Crippen LogP) is 16.6. The van der Waals surface area contributed by atoms with Crippen LogP contribution < -0.4 is 0 Å². The van der Waals surface area contributed by atoms with E-state index in [0.29, 0.717) is 33.7 Å². The summed E-state index contributed by atoms with van der Waals surface area (Å²) >= 11 is 0. The van der Waals surface area contributed by atoms with Gasteiger partial charge in [0, 0.05) is 36.8 Å². The standard InChI is InChI=1S/C62H61N3O/c1-39-31-50(38-52(40(39)2)44-21-16-13-17-22-44)65-56-24-18-23-51(57(56)64-59(65)53-36-49(61(6,7)8)37-54(58(53)66)62(9,10)11)46-32-47(34-48(33-46)60(3,4)5)55-35-45(29-30-63-55)43-27-25-42(26-28-43)41-19-14-12-15-20-41/h12-38,66H,1-11H3/i1D3,2D3. The van der Waals surface area contributed by atoms with Gasteiger partial charge in [-0.3, -0.25) is 9.55 Å². The molecule has 9 rings (SSSR count). The Labute approximate surface area is 400 Å². The molecule has 0 spiro atoms. The molecule has 4 nitrogen and oxygen atoms in total. The van der Waals surface area contributed by atoms with E-state index in [2.05, 4.69) is 129 Å². The number of rotatable bonds is 7. The zero-order valence-electron chi connectivity index (χ0n) is 45.4. The van der Waals surface area contributed by atoms with Crippen LogP contribution in [0.3, 0.4) is 0 Å². The number of imidazole rings is 1. The van der Waals surface area contributed by atoms with E-state index in [0.717, 1.165) is 61.3 Å². The van der Waals surface area contributed by atoms with Gasteiger partial charge < -0.3 is 5.11 Å². The number of hydrogen-bond acceptors (Lipinski definition) is 3. The highest BCUT2D eigenvalue weighted by molar-refractivity contribution is 5.97.